The SMILES string of the molecule is S=C1NNNC[C@@H]1Cc1ccco1. The second-order valence-electron chi connectivity index (χ2n) is 2.98. The molecule has 1 fully saturated rings. The van der Waals surface area contributed by atoms with Gasteiger partial charge < -0.3 is 9.84 Å². The van der Waals surface area contributed by atoms with Crippen molar-refractivity contribution in [3.8, 4) is 0 Å². The Labute approximate surface area is 81.6 Å². The van der Waals surface area contributed by atoms with Crippen LogP contribution in [0.1, 0.15) is 5.76 Å². The molecule has 70 valence electrons. The normalized spacial score (nSPS) is 22.8. The molecule has 5 heteroatoms. The maximum atomic E-state index is 5.25. The lowest BCUT2D eigenvalue weighted by Gasteiger charge is -2.25. The predicted molar refractivity (Wildman–Crippen MR) is 52.8 cm³/mol. The highest BCUT2D eigenvalue weighted by Gasteiger charge is 2.19. The highest BCUT2D eigenvalue weighted by Crippen LogP contribution is 2.10. The van der Waals surface area contributed by atoms with E-state index >= 15 is 0 Å². The number of furan rings is 1. The van der Waals surface area contributed by atoms with E-state index in [0.717, 1.165) is 23.7 Å². The van der Waals surface area contributed by atoms with Crippen LogP contribution in [0.4, 0.5) is 0 Å². The summed E-state index contributed by atoms with van der Waals surface area (Å²) in [6.45, 7) is 0.826. The quantitative estimate of drug-likeness (QED) is 0.598. The molecule has 1 saturated heterocycles. The summed E-state index contributed by atoms with van der Waals surface area (Å²) in [7, 11) is 0. The number of rotatable bonds is 2. The summed E-state index contributed by atoms with van der Waals surface area (Å²) >= 11 is 5.14. The first kappa shape index (κ1) is 8.68. The lowest BCUT2D eigenvalue weighted by atomic mass is 10.0. The van der Waals surface area contributed by atoms with Gasteiger partial charge in [0.25, 0.3) is 0 Å². The van der Waals surface area contributed by atoms with Crippen molar-refractivity contribution in [3.05, 3.63) is 24.2 Å². The predicted octanol–water partition coefficient (Wildman–Crippen LogP) is 0.378. The third kappa shape index (κ3) is 2.06. The Hall–Kier alpha value is -0.910. The fourth-order valence-electron chi connectivity index (χ4n) is 1.31. The van der Waals surface area contributed by atoms with Gasteiger partial charge in [0.15, 0.2) is 0 Å². The molecule has 4 nitrogen and oxygen atoms in total. The van der Waals surface area contributed by atoms with Crippen molar-refractivity contribution in [1.82, 2.24) is 16.4 Å². The molecule has 1 aliphatic rings. The molecule has 0 aliphatic carbocycles. The highest BCUT2D eigenvalue weighted by atomic mass is 32.1. The van der Waals surface area contributed by atoms with Gasteiger partial charge >= 0.3 is 0 Å². The molecule has 2 rings (SSSR count). The molecule has 1 aliphatic heterocycles. The van der Waals surface area contributed by atoms with Crippen LogP contribution in [-0.2, 0) is 6.42 Å². The second-order valence-corrected chi connectivity index (χ2v) is 3.42. The first-order valence-corrected chi connectivity index (χ1v) is 4.57. The maximum absolute atomic E-state index is 5.25. The summed E-state index contributed by atoms with van der Waals surface area (Å²) in [5.74, 6) is 1.28. The van der Waals surface area contributed by atoms with Crippen molar-refractivity contribution in [2.24, 2.45) is 5.92 Å². The molecule has 13 heavy (non-hydrogen) atoms. The molecule has 0 radical (unpaired) electrons. The first-order valence-electron chi connectivity index (χ1n) is 4.16. The van der Waals surface area contributed by atoms with Crippen LogP contribution in [0, 0.1) is 5.92 Å². The van der Waals surface area contributed by atoms with Crippen LogP contribution in [0.3, 0.4) is 0 Å². The van der Waals surface area contributed by atoms with Gasteiger partial charge in [-0.1, -0.05) is 12.2 Å². The fourth-order valence-corrected chi connectivity index (χ4v) is 1.53. The molecule has 3 N–H and O–H groups in total. The topological polar surface area (TPSA) is 49.2 Å². The van der Waals surface area contributed by atoms with Crippen molar-refractivity contribution >= 4 is 17.2 Å². The third-order valence-electron chi connectivity index (χ3n) is 2.02. The molecule has 1 aromatic heterocycles. The Morgan fingerprint density at radius 1 is 1.62 bits per heavy atom. The molecule has 1 atom stereocenters. The van der Waals surface area contributed by atoms with E-state index in [-0.39, 0.29) is 0 Å². The van der Waals surface area contributed by atoms with E-state index in [2.05, 4.69) is 16.4 Å². The van der Waals surface area contributed by atoms with Crippen LogP contribution in [0.5, 0.6) is 0 Å². The highest BCUT2D eigenvalue weighted by molar-refractivity contribution is 7.80. The summed E-state index contributed by atoms with van der Waals surface area (Å²) in [5.41, 5.74) is 8.63. The number of thiocarbonyl (C=S) groups is 1. The summed E-state index contributed by atoms with van der Waals surface area (Å²) in [5, 5.41) is 0. The number of hydrogen-bond donors (Lipinski definition) is 3. The van der Waals surface area contributed by atoms with Crippen LogP contribution < -0.4 is 16.4 Å². The number of hydrogen-bond acceptors (Lipinski definition) is 4. The Bertz CT molecular complexity index is 286. The Balaban J connectivity index is 1.97. The van der Waals surface area contributed by atoms with Crippen molar-refractivity contribution < 1.29 is 4.42 Å². The number of hydrazine groups is 2. The van der Waals surface area contributed by atoms with Crippen LogP contribution in [0.2, 0.25) is 0 Å². The van der Waals surface area contributed by atoms with Gasteiger partial charge in [-0.25, -0.2) is 5.43 Å². The average molecular weight is 197 g/mol. The monoisotopic (exact) mass is 197 g/mol. The van der Waals surface area contributed by atoms with E-state index in [9.17, 15) is 0 Å². The summed E-state index contributed by atoms with van der Waals surface area (Å²) in [6.07, 6.45) is 2.52. The Kier molecular flexibility index (Phi) is 2.58. The zero-order valence-corrected chi connectivity index (χ0v) is 7.86. The van der Waals surface area contributed by atoms with Crippen molar-refractivity contribution in [2.75, 3.05) is 6.54 Å². The van der Waals surface area contributed by atoms with E-state index in [1.165, 1.54) is 0 Å². The minimum absolute atomic E-state index is 0.308. The maximum Gasteiger partial charge on any atom is 0.104 e. The van der Waals surface area contributed by atoms with Gasteiger partial charge in [0.1, 0.15) is 5.76 Å². The van der Waals surface area contributed by atoms with Gasteiger partial charge in [0, 0.05) is 18.9 Å². The molecule has 0 amide bonds. The molecule has 0 saturated carbocycles. The van der Waals surface area contributed by atoms with Gasteiger partial charge in [-0.05, 0) is 12.1 Å². The van der Waals surface area contributed by atoms with Gasteiger partial charge in [-0.15, -0.1) is 0 Å². The van der Waals surface area contributed by atoms with Crippen LogP contribution in [0.25, 0.3) is 0 Å². The molecule has 2 heterocycles. The lowest BCUT2D eigenvalue weighted by molar-refractivity contribution is 0.395. The van der Waals surface area contributed by atoms with E-state index in [1.807, 2.05) is 12.1 Å². The molecule has 0 spiro atoms. The van der Waals surface area contributed by atoms with Gasteiger partial charge in [0.05, 0.1) is 11.3 Å². The van der Waals surface area contributed by atoms with E-state index in [4.69, 9.17) is 16.6 Å². The van der Waals surface area contributed by atoms with Gasteiger partial charge in [-0.3, -0.25) is 0 Å². The molecule has 0 bridgehead atoms. The van der Waals surface area contributed by atoms with Crippen molar-refractivity contribution in [2.45, 2.75) is 6.42 Å². The molecular weight excluding hydrogens is 186 g/mol. The van der Waals surface area contributed by atoms with Gasteiger partial charge in [-0.2, -0.15) is 5.53 Å². The molecule has 0 aromatic carbocycles. The van der Waals surface area contributed by atoms with E-state index < -0.39 is 0 Å². The largest absolute Gasteiger partial charge is 0.469 e. The molecule has 1 aromatic rings. The standard InChI is InChI=1S/C8H11N3OS/c13-8-6(5-9-11-10-8)4-7-2-1-3-12-7/h1-3,6,9,11H,4-5H2,(H,10,13)/t6-/m0/s1. The third-order valence-corrected chi connectivity index (χ3v) is 2.46. The van der Waals surface area contributed by atoms with Crippen molar-refractivity contribution in [3.63, 3.8) is 0 Å². The molecular formula is C8H11N3OS. The molecule has 0 unspecified atom stereocenters. The minimum atomic E-state index is 0.308. The Morgan fingerprint density at radius 3 is 3.23 bits per heavy atom. The minimum Gasteiger partial charge on any atom is -0.469 e. The first-order chi connectivity index (χ1) is 6.36. The Morgan fingerprint density at radius 2 is 2.54 bits per heavy atom. The number of nitrogens with one attached hydrogen (secondary N) is 3. The zero-order valence-electron chi connectivity index (χ0n) is 7.04. The van der Waals surface area contributed by atoms with Crippen LogP contribution in [-0.4, -0.2) is 11.5 Å². The average Bonchev–Trinajstić information content (AvgIpc) is 2.61. The van der Waals surface area contributed by atoms with Gasteiger partial charge in [0.2, 0.25) is 0 Å². The second kappa shape index (κ2) is 3.87. The fraction of sp³-hybridized carbons (Fsp3) is 0.375. The van der Waals surface area contributed by atoms with Crippen molar-refractivity contribution in [1.29, 1.82) is 0 Å². The van der Waals surface area contributed by atoms with E-state index in [1.54, 1.807) is 6.26 Å². The van der Waals surface area contributed by atoms with E-state index in [0.29, 0.717) is 5.92 Å². The van der Waals surface area contributed by atoms with Crippen LogP contribution >= 0.6 is 12.2 Å². The summed E-state index contributed by atoms with van der Waals surface area (Å²) in [4.78, 5) is 0.829. The zero-order chi connectivity index (χ0) is 9.10. The lowest BCUT2D eigenvalue weighted by Crippen LogP contribution is -2.57. The smallest absolute Gasteiger partial charge is 0.104 e. The van der Waals surface area contributed by atoms with Crippen LogP contribution in [0.15, 0.2) is 22.8 Å². The summed E-state index contributed by atoms with van der Waals surface area (Å²) in [6, 6.07) is 3.85. The summed E-state index contributed by atoms with van der Waals surface area (Å²) < 4.78 is 5.25.